The second kappa shape index (κ2) is 6.87. The van der Waals surface area contributed by atoms with E-state index in [1.54, 1.807) is 0 Å². The molecule has 0 bridgehead atoms. The van der Waals surface area contributed by atoms with E-state index in [1.165, 1.54) is 0 Å². The van der Waals surface area contributed by atoms with Crippen molar-refractivity contribution in [2.45, 2.75) is 20.0 Å². The van der Waals surface area contributed by atoms with E-state index in [0.717, 1.165) is 0 Å². The van der Waals surface area contributed by atoms with Gasteiger partial charge < -0.3 is 20.4 Å². The Morgan fingerprint density at radius 1 is 1.50 bits per heavy atom. The molecular weight excluding hydrogens is 160 g/mol. The van der Waals surface area contributed by atoms with Crippen LogP contribution in [-0.4, -0.2) is 37.0 Å². The first-order valence-corrected chi connectivity index (χ1v) is 3.82. The Labute approximate surface area is 72.1 Å². The van der Waals surface area contributed by atoms with Crippen LogP contribution >= 0.6 is 0 Å². The summed E-state index contributed by atoms with van der Waals surface area (Å²) in [6.45, 7) is 5.01. The average Bonchev–Trinajstić information content (AvgIpc) is 2.03. The van der Waals surface area contributed by atoms with E-state index < -0.39 is 0 Å². The van der Waals surface area contributed by atoms with Crippen molar-refractivity contribution in [3.8, 4) is 0 Å². The Kier molecular flexibility index (Phi) is 6.41. The Balaban J connectivity index is 3.11. The molecule has 0 atom stereocenters. The van der Waals surface area contributed by atoms with E-state index in [4.69, 9.17) is 20.4 Å². The highest BCUT2D eigenvalue weighted by molar-refractivity contribution is 5.80. The largest absolute Gasteiger partial charge is 0.409 e. The number of ether oxygens (including phenoxy) is 2. The number of oxime groups is 1. The molecule has 0 aromatic heterocycles. The van der Waals surface area contributed by atoms with Crippen LogP contribution in [0.4, 0.5) is 0 Å². The van der Waals surface area contributed by atoms with Gasteiger partial charge >= 0.3 is 0 Å². The summed E-state index contributed by atoms with van der Waals surface area (Å²) in [6, 6.07) is 0. The zero-order valence-electron chi connectivity index (χ0n) is 7.49. The molecule has 0 aromatic carbocycles. The summed E-state index contributed by atoms with van der Waals surface area (Å²) in [5.41, 5.74) is 5.15. The summed E-state index contributed by atoms with van der Waals surface area (Å²) in [7, 11) is 0. The van der Waals surface area contributed by atoms with Crippen molar-refractivity contribution in [2.75, 3.05) is 19.8 Å². The average molecular weight is 176 g/mol. The molecule has 0 aromatic rings. The summed E-state index contributed by atoms with van der Waals surface area (Å²) in [5.74, 6) is 0.0690. The third-order valence-corrected chi connectivity index (χ3v) is 1.06. The fraction of sp³-hybridized carbons (Fsp3) is 0.857. The predicted molar refractivity (Wildman–Crippen MR) is 45.3 cm³/mol. The number of nitrogens with zero attached hydrogens (tertiary/aromatic N) is 1. The van der Waals surface area contributed by atoms with Crippen molar-refractivity contribution in [2.24, 2.45) is 10.9 Å². The lowest BCUT2D eigenvalue weighted by Gasteiger charge is -2.07. The van der Waals surface area contributed by atoms with Crippen LogP contribution in [0.5, 0.6) is 0 Å². The number of nitrogens with two attached hydrogens (primary N) is 1. The predicted octanol–water partition coefficient (Wildman–Crippen LogP) is 0.174. The lowest BCUT2D eigenvalue weighted by Crippen LogP contribution is -2.20. The fourth-order valence-electron chi connectivity index (χ4n) is 0.548. The smallest absolute Gasteiger partial charge is 0.165 e. The van der Waals surface area contributed by atoms with E-state index in [9.17, 15) is 0 Å². The van der Waals surface area contributed by atoms with Gasteiger partial charge in [-0.15, -0.1) is 0 Å². The lowest BCUT2D eigenvalue weighted by atomic mass is 10.5. The van der Waals surface area contributed by atoms with Gasteiger partial charge in [-0.3, -0.25) is 0 Å². The van der Waals surface area contributed by atoms with E-state index >= 15 is 0 Å². The maximum atomic E-state index is 8.13. The van der Waals surface area contributed by atoms with Crippen molar-refractivity contribution in [3.05, 3.63) is 0 Å². The molecule has 0 aliphatic heterocycles. The summed E-state index contributed by atoms with van der Waals surface area (Å²) in [6.07, 6.45) is 0.206. The summed E-state index contributed by atoms with van der Waals surface area (Å²) < 4.78 is 10.2. The molecule has 3 N–H and O–H groups in total. The van der Waals surface area contributed by atoms with Crippen molar-refractivity contribution in [1.82, 2.24) is 0 Å². The maximum Gasteiger partial charge on any atom is 0.165 e. The van der Waals surface area contributed by atoms with Gasteiger partial charge in [-0.2, -0.15) is 0 Å². The minimum absolute atomic E-state index is 0.0690. The Morgan fingerprint density at radius 2 is 2.17 bits per heavy atom. The van der Waals surface area contributed by atoms with Gasteiger partial charge in [-0.25, -0.2) is 0 Å². The van der Waals surface area contributed by atoms with Crippen LogP contribution in [0.3, 0.4) is 0 Å². The Bertz CT molecular complexity index is 137. The second-order valence-corrected chi connectivity index (χ2v) is 2.56. The first-order valence-electron chi connectivity index (χ1n) is 3.82. The minimum Gasteiger partial charge on any atom is -0.409 e. The van der Waals surface area contributed by atoms with Gasteiger partial charge in [0.05, 0.1) is 19.3 Å². The quantitative estimate of drug-likeness (QED) is 0.199. The summed E-state index contributed by atoms with van der Waals surface area (Å²) in [4.78, 5) is 0. The van der Waals surface area contributed by atoms with Gasteiger partial charge in [0.25, 0.3) is 0 Å². The summed E-state index contributed by atoms with van der Waals surface area (Å²) >= 11 is 0. The molecule has 72 valence electrons. The highest BCUT2D eigenvalue weighted by atomic mass is 16.5. The van der Waals surface area contributed by atoms with E-state index in [0.29, 0.717) is 13.2 Å². The molecule has 0 unspecified atom stereocenters. The van der Waals surface area contributed by atoms with Crippen LogP contribution in [0.2, 0.25) is 0 Å². The van der Waals surface area contributed by atoms with Crippen molar-refractivity contribution >= 4 is 5.84 Å². The lowest BCUT2D eigenvalue weighted by molar-refractivity contribution is 0.0287. The molecule has 0 amide bonds. The molecule has 0 saturated heterocycles. The third kappa shape index (κ3) is 7.30. The van der Waals surface area contributed by atoms with Crippen LogP contribution < -0.4 is 5.73 Å². The number of amidine groups is 1. The number of hydrogen-bond acceptors (Lipinski definition) is 4. The van der Waals surface area contributed by atoms with Crippen molar-refractivity contribution in [1.29, 1.82) is 0 Å². The van der Waals surface area contributed by atoms with Gasteiger partial charge in [0.2, 0.25) is 0 Å². The van der Waals surface area contributed by atoms with Gasteiger partial charge in [-0.05, 0) is 13.8 Å². The first-order chi connectivity index (χ1) is 5.66. The minimum atomic E-state index is 0.0690. The van der Waals surface area contributed by atoms with Crippen LogP contribution in [0.15, 0.2) is 5.16 Å². The third-order valence-electron chi connectivity index (χ3n) is 1.06. The highest BCUT2D eigenvalue weighted by Crippen LogP contribution is 1.86. The molecule has 0 rings (SSSR count). The molecule has 5 heteroatoms. The standard InChI is InChI=1S/C7H16N2O3/c1-6(2)12-4-3-11-5-7(8)9-10/h6,10H,3-5H2,1-2H3,(H2,8,9). The zero-order valence-corrected chi connectivity index (χ0v) is 7.49. The van der Waals surface area contributed by atoms with E-state index in [2.05, 4.69) is 5.16 Å². The molecule has 0 aliphatic carbocycles. The maximum absolute atomic E-state index is 8.13. The number of rotatable bonds is 6. The van der Waals surface area contributed by atoms with E-state index in [1.807, 2.05) is 13.8 Å². The normalized spacial score (nSPS) is 12.4. The molecule has 0 radical (unpaired) electrons. The molecule has 5 nitrogen and oxygen atoms in total. The molecular formula is C7H16N2O3. The van der Waals surface area contributed by atoms with Crippen LogP contribution in [0, 0.1) is 0 Å². The molecule has 0 spiro atoms. The number of hydrogen-bond donors (Lipinski definition) is 2. The topological polar surface area (TPSA) is 77.1 Å². The fourth-order valence-corrected chi connectivity index (χ4v) is 0.548. The van der Waals surface area contributed by atoms with Gasteiger partial charge in [-0.1, -0.05) is 5.16 Å². The van der Waals surface area contributed by atoms with Crippen LogP contribution in [0.25, 0.3) is 0 Å². The SMILES string of the molecule is CC(C)OCCOC/C(N)=N/O. The molecule has 0 heterocycles. The monoisotopic (exact) mass is 176 g/mol. The highest BCUT2D eigenvalue weighted by Gasteiger charge is 1.94. The van der Waals surface area contributed by atoms with Gasteiger partial charge in [0.15, 0.2) is 5.84 Å². The zero-order chi connectivity index (χ0) is 9.40. The molecule has 0 fully saturated rings. The van der Waals surface area contributed by atoms with Crippen LogP contribution in [0.1, 0.15) is 13.8 Å². The van der Waals surface area contributed by atoms with Gasteiger partial charge in [0.1, 0.15) is 6.61 Å². The molecule has 0 aliphatic rings. The van der Waals surface area contributed by atoms with Crippen molar-refractivity contribution in [3.63, 3.8) is 0 Å². The molecule has 0 saturated carbocycles. The summed E-state index contributed by atoms with van der Waals surface area (Å²) in [5, 5.41) is 10.9. The van der Waals surface area contributed by atoms with Gasteiger partial charge in [0, 0.05) is 0 Å². The Morgan fingerprint density at radius 3 is 2.67 bits per heavy atom. The van der Waals surface area contributed by atoms with Crippen LogP contribution in [-0.2, 0) is 9.47 Å². The second-order valence-electron chi connectivity index (χ2n) is 2.56. The Hall–Kier alpha value is -0.810. The first kappa shape index (κ1) is 11.2. The van der Waals surface area contributed by atoms with E-state index in [-0.39, 0.29) is 18.5 Å². The molecule has 12 heavy (non-hydrogen) atoms. The van der Waals surface area contributed by atoms with Crippen molar-refractivity contribution < 1.29 is 14.7 Å².